The van der Waals surface area contributed by atoms with Crippen LogP contribution in [0.4, 0.5) is 4.39 Å². The van der Waals surface area contributed by atoms with Gasteiger partial charge in [0.05, 0.1) is 4.90 Å². The number of halogens is 1. The minimum Gasteiger partial charge on any atom is -0.313 e. The van der Waals surface area contributed by atoms with E-state index in [1.54, 1.807) is 6.92 Å². The maximum Gasteiger partial charge on any atom is 0.243 e. The number of rotatable bonds is 7. The average molecular weight is 302 g/mol. The second-order valence-corrected chi connectivity index (χ2v) is 6.73. The van der Waals surface area contributed by atoms with E-state index >= 15 is 0 Å². The molecule has 0 aliphatic heterocycles. The monoisotopic (exact) mass is 302 g/mol. The lowest BCUT2D eigenvalue weighted by atomic mass is 10.2. The molecule has 0 unspecified atom stereocenters. The van der Waals surface area contributed by atoms with Crippen LogP contribution in [-0.4, -0.2) is 31.9 Å². The molecule has 0 saturated carbocycles. The van der Waals surface area contributed by atoms with Crippen molar-refractivity contribution in [2.75, 3.05) is 13.1 Å². The van der Waals surface area contributed by atoms with Crippen LogP contribution in [0, 0.1) is 5.82 Å². The fourth-order valence-corrected chi connectivity index (χ4v) is 3.75. The van der Waals surface area contributed by atoms with Crippen molar-refractivity contribution in [1.29, 1.82) is 0 Å². The van der Waals surface area contributed by atoms with Crippen LogP contribution in [-0.2, 0) is 16.6 Å². The predicted octanol–water partition coefficient (Wildman–Crippen LogP) is 2.35. The van der Waals surface area contributed by atoms with Gasteiger partial charge in [-0.05, 0) is 38.6 Å². The molecule has 20 heavy (non-hydrogen) atoms. The van der Waals surface area contributed by atoms with Crippen molar-refractivity contribution < 1.29 is 12.8 Å². The Kier molecular flexibility index (Phi) is 6.10. The second-order valence-electron chi connectivity index (χ2n) is 4.84. The van der Waals surface area contributed by atoms with Gasteiger partial charge in [-0.15, -0.1) is 0 Å². The molecule has 0 aliphatic rings. The van der Waals surface area contributed by atoms with Crippen LogP contribution in [0.2, 0.25) is 0 Å². The van der Waals surface area contributed by atoms with Crippen molar-refractivity contribution in [1.82, 2.24) is 9.62 Å². The molecule has 1 N–H and O–H groups in total. The Morgan fingerprint density at radius 1 is 1.30 bits per heavy atom. The van der Waals surface area contributed by atoms with Gasteiger partial charge in [0.25, 0.3) is 0 Å². The molecule has 1 aromatic rings. The van der Waals surface area contributed by atoms with Crippen LogP contribution >= 0.6 is 0 Å². The van der Waals surface area contributed by atoms with E-state index in [1.165, 1.54) is 22.5 Å². The summed E-state index contributed by atoms with van der Waals surface area (Å²) >= 11 is 0. The van der Waals surface area contributed by atoms with Gasteiger partial charge < -0.3 is 5.32 Å². The van der Waals surface area contributed by atoms with Crippen LogP contribution in [0.3, 0.4) is 0 Å². The predicted molar refractivity (Wildman–Crippen MR) is 78.5 cm³/mol. The zero-order chi connectivity index (χ0) is 15.3. The molecule has 6 heteroatoms. The van der Waals surface area contributed by atoms with E-state index < -0.39 is 15.8 Å². The summed E-state index contributed by atoms with van der Waals surface area (Å²) in [4.78, 5) is 0.141. The van der Waals surface area contributed by atoms with Gasteiger partial charge >= 0.3 is 0 Å². The lowest BCUT2D eigenvalue weighted by Gasteiger charge is -2.24. The number of nitrogens with one attached hydrogen (secondary N) is 1. The summed E-state index contributed by atoms with van der Waals surface area (Å²) < 4.78 is 40.1. The third-order valence-electron chi connectivity index (χ3n) is 3.08. The molecule has 0 heterocycles. The summed E-state index contributed by atoms with van der Waals surface area (Å²) in [7, 11) is -3.58. The molecule has 0 radical (unpaired) electrons. The standard InChI is InChI=1S/C14H23FN2O2S/c1-5-16-10-12-9-13(7-8-14(12)15)20(18,19)17(6-2)11(3)4/h7-9,11,16H,5-6,10H2,1-4H3. The highest BCUT2D eigenvalue weighted by Crippen LogP contribution is 2.20. The van der Waals surface area contributed by atoms with Crippen LogP contribution < -0.4 is 5.32 Å². The molecule has 4 nitrogen and oxygen atoms in total. The lowest BCUT2D eigenvalue weighted by molar-refractivity contribution is 0.369. The molecular weight excluding hydrogens is 279 g/mol. The maximum atomic E-state index is 13.7. The van der Waals surface area contributed by atoms with Gasteiger partial charge in [0.15, 0.2) is 0 Å². The minimum absolute atomic E-state index is 0.132. The van der Waals surface area contributed by atoms with E-state index in [0.29, 0.717) is 25.2 Å². The van der Waals surface area contributed by atoms with Crippen molar-refractivity contribution >= 4 is 10.0 Å². The van der Waals surface area contributed by atoms with Gasteiger partial charge in [-0.3, -0.25) is 0 Å². The number of nitrogens with zero attached hydrogens (tertiary/aromatic N) is 1. The van der Waals surface area contributed by atoms with E-state index in [9.17, 15) is 12.8 Å². The van der Waals surface area contributed by atoms with Crippen LogP contribution in [0.15, 0.2) is 23.1 Å². The van der Waals surface area contributed by atoms with E-state index in [0.717, 1.165) is 0 Å². The first-order valence-electron chi connectivity index (χ1n) is 6.85. The van der Waals surface area contributed by atoms with Crippen molar-refractivity contribution in [3.8, 4) is 0 Å². The highest BCUT2D eigenvalue weighted by Gasteiger charge is 2.26. The zero-order valence-electron chi connectivity index (χ0n) is 12.5. The molecular formula is C14H23FN2O2S. The summed E-state index contributed by atoms with van der Waals surface area (Å²) in [5.74, 6) is -0.391. The quantitative estimate of drug-likeness (QED) is 0.841. The molecule has 0 saturated heterocycles. The van der Waals surface area contributed by atoms with Crippen molar-refractivity contribution in [2.45, 2.75) is 45.2 Å². The number of sulfonamides is 1. The van der Waals surface area contributed by atoms with Gasteiger partial charge in [0.2, 0.25) is 10.0 Å². The Bertz CT molecular complexity index is 544. The molecule has 0 aromatic heterocycles. The van der Waals surface area contributed by atoms with E-state index in [2.05, 4.69) is 5.32 Å². The Morgan fingerprint density at radius 2 is 1.95 bits per heavy atom. The van der Waals surface area contributed by atoms with Gasteiger partial charge in [0, 0.05) is 24.7 Å². The number of hydrogen-bond donors (Lipinski definition) is 1. The molecule has 0 atom stereocenters. The molecule has 0 aliphatic carbocycles. The fourth-order valence-electron chi connectivity index (χ4n) is 2.05. The Balaban J connectivity index is 3.18. The fraction of sp³-hybridized carbons (Fsp3) is 0.571. The number of benzene rings is 1. The highest BCUT2D eigenvalue weighted by molar-refractivity contribution is 7.89. The van der Waals surface area contributed by atoms with E-state index in [4.69, 9.17) is 0 Å². The van der Waals surface area contributed by atoms with Crippen molar-refractivity contribution in [3.05, 3.63) is 29.6 Å². The summed E-state index contributed by atoms with van der Waals surface area (Å²) in [6.07, 6.45) is 0. The topological polar surface area (TPSA) is 49.4 Å². The third-order valence-corrected chi connectivity index (χ3v) is 5.22. The molecule has 0 bridgehead atoms. The van der Waals surface area contributed by atoms with Gasteiger partial charge in [-0.1, -0.05) is 13.8 Å². The van der Waals surface area contributed by atoms with E-state index in [1.807, 2.05) is 20.8 Å². The van der Waals surface area contributed by atoms with Gasteiger partial charge in [0.1, 0.15) is 5.82 Å². The van der Waals surface area contributed by atoms with Gasteiger partial charge in [-0.25, -0.2) is 12.8 Å². The third kappa shape index (κ3) is 3.77. The van der Waals surface area contributed by atoms with Crippen molar-refractivity contribution in [3.63, 3.8) is 0 Å². The van der Waals surface area contributed by atoms with Crippen molar-refractivity contribution in [2.24, 2.45) is 0 Å². The molecule has 1 aromatic carbocycles. The van der Waals surface area contributed by atoms with Crippen LogP contribution in [0.1, 0.15) is 33.3 Å². The summed E-state index contributed by atoms with van der Waals surface area (Å²) in [6, 6.07) is 3.82. The second kappa shape index (κ2) is 7.15. The summed E-state index contributed by atoms with van der Waals surface area (Å²) in [5, 5.41) is 3.00. The first-order valence-corrected chi connectivity index (χ1v) is 8.29. The average Bonchev–Trinajstić information content (AvgIpc) is 2.37. The number of hydrogen-bond acceptors (Lipinski definition) is 3. The summed E-state index contributed by atoms with van der Waals surface area (Å²) in [6.45, 7) is 8.76. The normalized spacial score (nSPS) is 12.3. The molecule has 0 amide bonds. The first kappa shape index (κ1) is 17.1. The first-order chi connectivity index (χ1) is 9.34. The highest BCUT2D eigenvalue weighted by atomic mass is 32.2. The maximum absolute atomic E-state index is 13.7. The molecule has 0 fully saturated rings. The Labute approximate surface area is 121 Å². The Morgan fingerprint density at radius 3 is 2.45 bits per heavy atom. The van der Waals surface area contributed by atoms with Crippen LogP contribution in [0.5, 0.6) is 0 Å². The molecule has 0 spiro atoms. The molecule has 1 rings (SSSR count). The largest absolute Gasteiger partial charge is 0.313 e. The van der Waals surface area contributed by atoms with Gasteiger partial charge in [-0.2, -0.15) is 4.31 Å². The van der Waals surface area contributed by atoms with E-state index in [-0.39, 0.29) is 10.9 Å². The SMILES string of the molecule is CCNCc1cc(S(=O)(=O)N(CC)C(C)C)ccc1F. The van der Waals surface area contributed by atoms with Crippen LogP contribution in [0.25, 0.3) is 0 Å². The summed E-state index contributed by atoms with van der Waals surface area (Å²) in [5.41, 5.74) is 0.368. The Hall–Kier alpha value is -0.980. The molecule has 114 valence electrons. The smallest absolute Gasteiger partial charge is 0.243 e. The minimum atomic E-state index is -3.58. The lowest BCUT2D eigenvalue weighted by Crippen LogP contribution is -2.36. The zero-order valence-corrected chi connectivity index (χ0v) is 13.3.